The summed E-state index contributed by atoms with van der Waals surface area (Å²) in [4.78, 5) is 28.9. The Morgan fingerprint density at radius 2 is 2.13 bits per heavy atom. The number of aromatic nitrogens is 4. The average Bonchev–Trinajstić information content (AvgIpc) is 3.34. The smallest absolute Gasteiger partial charge is 0.275 e. The number of halogens is 1. The molecule has 0 bridgehead atoms. The van der Waals surface area contributed by atoms with Crippen LogP contribution in [-0.4, -0.2) is 24.9 Å². The van der Waals surface area contributed by atoms with Gasteiger partial charge in [0.15, 0.2) is 5.78 Å². The van der Waals surface area contributed by atoms with Crippen LogP contribution in [0.15, 0.2) is 76.8 Å². The van der Waals surface area contributed by atoms with Crippen molar-refractivity contribution in [2.45, 2.75) is 26.3 Å². The Morgan fingerprint density at radius 1 is 1.27 bits per heavy atom. The van der Waals surface area contributed by atoms with Gasteiger partial charge in [-0.05, 0) is 50.1 Å². The number of ketones is 1. The SMILES string of the molecule is CC1=C(C(=O)c2c[nH]c3c(=O)n(Cc4cc5ccccn5n4)ccc23)C(F)=CCC1. The molecule has 4 heterocycles. The summed E-state index contributed by atoms with van der Waals surface area (Å²) >= 11 is 0. The Bertz CT molecular complexity index is 1400. The van der Waals surface area contributed by atoms with E-state index in [2.05, 4.69) is 10.1 Å². The number of rotatable bonds is 4. The van der Waals surface area contributed by atoms with Gasteiger partial charge in [-0.25, -0.2) is 8.91 Å². The minimum atomic E-state index is -0.488. The summed E-state index contributed by atoms with van der Waals surface area (Å²) in [7, 11) is 0. The molecule has 0 aromatic carbocycles. The number of H-pyrrole nitrogens is 1. The van der Waals surface area contributed by atoms with Crippen LogP contribution < -0.4 is 5.56 Å². The van der Waals surface area contributed by atoms with Crippen molar-refractivity contribution < 1.29 is 9.18 Å². The minimum absolute atomic E-state index is 0.107. The quantitative estimate of drug-likeness (QED) is 0.521. The van der Waals surface area contributed by atoms with Crippen molar-refractivity contribution in [1.29, 1.82) is 0 Å². The highest BCUT2D eigenvalue weighted by Gasteiger charge is 2.24. The standard InChI is InChI=1S/C23H19FN4O2/c1-14-5-4-7-19(24)20(14)22(29)18-12-25-21-17(18)8-10-27(23(21)30)13-15-11-16-6-2-3-9-28(16)26-15/h2-3,6-12,25H,4-5,13H2,1H3. The maximum Gasteiger partial charge on any atom is 0.275 e. The summed E-state index contributed by atoms with van der Waals surface area (Å²) in [5, 5.41) is 4.97. The Balaban J connectivity index is 1.53. The third-order valence-electron chi connectivity index (χ3n) is 5.55. The lowest BCUT2D eigenvalue weighted by Gasteiger charge is -2.13. The molecule has 30 heavy (non-hydrogen) atoms. The van der Waals surface area contributed by atoms with E-state index in [4.69, 9.17) is 0 Å². The molecule has 0 amide bonds. The Hall–Kier alpha value is -3.74. The molecule has 0 radical (unpaired) electrons. The van der Waals surface area contributed by atoms with Crippen molar-refractivity contribution >= 4 is 22.2 Å². The number of aromatic amines is 1. The lowest BCUT2D eigenvalue weighted by atomic mass is 9.92. The van der Waals surface area contributed by atoms with Gasteiger partial charge in [-0.3, -0.25) is 9.59 Å². The van der Waals surface area contributed by atoms with E-state index >= 15 is 0 Å². The summed E-state index contributed by atoms with van der Waals surface area (Å²) in [5.41, 5.74) is 2.91. The van der Waals surface area contributed by atoms with E-state index in [1.54, 1.807) is 28.3 Å². The molecule has 0 aliphatic heterocycles. The maximum atomic E-state index is 14.3. The van der Waals surface area contributed by atoms with E-state index in [1.807, 2.05) is 30.5 Å². The van der Waals surface area contributed by atoms with Crippen LogP contribution in [0.3, 0.4) is 0 Å². The number of hydrogen-bond donors (Lipinski definition) is 1. The van der Waals surface area contributed by atoms with Gasteiger partial charge in [0.2, 0.25) is 0 Å². The zero-order chi connectivity index (χ0) is 20.8. The van der Waals surface area contributed by atoms with E-state index in [-0.39, 0.29) is 11.1 Å². The largest absolute Gasteiger partial charge is 0.356 e. The molecule has 0 fully saturated rings. The normalized spacial score (nSPS) is 14.5. The van der Waals surface area contributed by atoms with Crippen LogP contribution in [0.25, 0.3) is 16.4 Å². The van der Waals surface area contributed by atoms with Gasteiger partial charge < -0.3 is 9.55 Å². The van der Waals surface area contributed by atoms with Gasteiger partial charge in [0, 0.05) is 29.5 Å². The second kappa shape index (κ2) is 6.95. The lowest BCUT2D eigenvalue weighted by Crippen LogP contribution is -2.20. The number of nitrogens with zero attached hydrogens (tertiary/aromatic N) is 3. The van der Waals surface area contributed by atoms with Gasteiger partial charge >= 0.3 is 0 Å². The molecular weight excluding hydrogens is 383 g/mol. The molecule has 4 aromatic heterocycles. The average molecular weight is 402 g/mol. The van der Waals surface area contributed by atoms with Crippen LogP contribution in [0.5, 0.6) is 0 Å². The second-order valence-corrected chi connectivity index (χ2v) is 7.52. The molecule has 5 rings (SSSR count). The van der Waals surface area contributed by atoms with Crippen molar-refractivity contribution in [3.8, 4) is 0 Å². The maximum absolute atomic E-state index is 14.3. The van der Waals surface area contributed by atoms with E-state index in [0.717, 1.165) is 16.8 Å². The predicted octanol–water partition coefficient (Wildman–Crippen LogP) is 4.17. The first-order valence-corrected chi connectivity index (χ1v) is 9.77. The van der Waals surface area contributed by atoms with Crippen molar-refractivity contribution in [3.63, 3.8) is 0 Å². The highest BCUT2D eigenvalue weighted by molar-refractivity contribution is 6.18. The van der Waals surface area contributed by atoms with Crippen molar-refractivity contribution in [3.05, 3.63) is 93.6 Å². The topological polar surface area (TPSA) is 72.2 Å². The number of Topliss-reactive ketones (excluding diaryl/α,β-unsaturated/α-hetero) is 1. The fourth-order valence-electron chi connectivity index (χ4n) is 4.00. The van der Waals surface area contributed by atoms with Gasteiger partial charge in [0.05, 0.1) is 23.3 Å². The molecule has 0 saturated heterocycles. The first kappa shape index (κ1) is 18.3. The first-order valence-electron chi connectivity index (χ1n) is 9.77. The van der Waals surface area contributed by atoms with Gasteiger partial charge in [-0.1, -0.05) is 11.6 Å². The summed E-state index contributed by atoms with van der Waals surface area (Å²) in [6.07, 6.45) is 7.68. The Morgan fingerprint density at radius 3 is 2.93 bits per heavy atom. The third-order valence-corrected chi connectivity index (χ3v) is 5.55. The molecule has 0 atom stereocenters. The Labute approximate surface area is 171 Å². The number of carbonyl (C=O) groups is 1. The van der Waals surface area contributed by atoms with Gasteiger partial charge in [0.25, 0.3) is 5.56 Å². The van der Waals surface area contributed by atoms with Crippen LogP contribution in [0.4, 0.5) is 4.39 Å². The molecule has 1 N–H and O–H groups in total. The molecule has 0 unspecified atom stereocenters. The van der Waals surface area contributed by atoms with E-state index < -0.39 is 11.6 Å². The van der Waals surface area contributed by atoms with Crippen LogP contribution in [0.2, 0.25) is 0 Å². The highest BCUT2D eigenvalue weighted by Crippen LogP contribution is 2.30. The van der Waals surface area contributed by atoms with Crippen molar-refractivity contribution in [2.24, 2.45) is 0 Å². The predicted molar refractivity (Wildman–Crippen MR) is 112 cm³/mol. The summed E-state index contributed by atoms with van der Waals surface area (Å²) < 4.78 is 17.6. The van der Waals surface area contributed by atoms with Gasteiger partial charge in [0.1, 0.15) is 11.3 Å². The fourth-order valence-corrected chi connectivity index (χ4v) is 4.00. The Kier molecular flexibility index (Phi) is 4.24. The molecule has 7 heteroatoms. The zero-order valence-corrected chi connectivity index (χ0v) is 16.4. The number of allylic oxidation sites excluding steroid dienone is 4. The number of hydrogen-bond acceptors (Lipinski definition) is 3. The second-order valence-electron chi connectivity index (χ2n) is 7.52. The number of pyridine rings is 2. The molecule has 4 aromatic rings. The fraction of sp³-hybridized carbons (Fsp3) is 0.174. The lowest BCUT2D eigenvalue weighted by molar-refractivity contribution is 0.103. The summed E-state index contributed by atoms with van der Waals surface area (Å²) in [6, 6.07) is 9.41. The monoisotopic (exact) mass is 402 g/mol. The summed E-state index contributed by atoms with van der Waals surface area (Å²) in [6.45, 7) is 2.08. The molecule has 0 spiro atoms. The van der Waals surface area contributed by atoms with Gasteiger partial charge in [-0.15, -0.1) is 0 Å². The molecule has 150 valence electrons. The molecular formula is C23H19FN4O2. The van der Waals surface area contributed by atoms with E-state index in [0.29, 0.717) is 35.9 Å². The highest BCUT2D eigenvalue weighted by atomic mass is 19.1. The molecule has 6 nitrogen and oxygen atoms in total. The van der Waals surface area contributed by atoms with Crippen LogP contribution in [0, 0.1) is 0 Å². The number of nitrogens with one attached hydrogen (secondary N) is 1. The first-order chi connectivity index (χ1) is 14.5. The molecule has 1 aliphatic rings. The van der Waals surface area contributed by atoms with E-state index in [9.17, 15) is 14.0 Å². The summed E-state index contributed by atoms with van der Waals surface area (Å²) in [5.74, 6) is -0.886. The molecule has 1 aliphatic carbocycles. The van der Waals surface area contributed by atoms with Crippen LogP contribution in [-0.2, 0) is 6.54 Å². The zero-order valence-electron chi connectivity index (χ0n) is 16.4. The number of carbonyl (C=O) groups excluding carboxylic acids is 1. The third kappa shape index (κ3) is 2.90. The van der Waals surface area contributed by atoms with Crippen LogP contribution in [0.1, 0.15) is 35.8 Å². The molecule has 0 saturated carbocycles. The van der Waals surface area contributed by atoms with Crippen molar-refractivity contribution in [2.75, 3.05) is 0 Å². The van der Waals surface area contributed by atoms with Gasteiger partial charge in [-0.2, -0.15) is 5.10 Å². The van der Waals surface area contributed by atoms with E-state index in [1.165, 1.54) is 12.3 Å². The van der Waals surface area contributed by atoms with Crippen molar-refractivity contribution in [1.82, 2.24) is 19.2 Å². The number of fused-ring (bicyclic) bond motifs is 2. The van der Waals surface area contributed by atoms with Crippen LogP contribution >= 0.6 is 0 Å². The minimum Gasteiger partial charge on any atom is -0.356 e.